The molecule has 5 nitrogen and oxygen atoms in total. The van der Waals surface area contributed by atoms with Crippen molar-refractivity contribution < 1.29 is 9.53 Å². The highest BCUT2D eigenvalue weighted by atomic mass is 35.5. The largest absolute Gasteiger partial charge is 0.444 e. The lowest BCUT2D eigenvalue weighted by Gasteiger charge is -2.27. The Hall–Kier alpha value is -2.19. The number of ether oxygens (including phenoxy) is 1. The molecule has 134 valence electrons. The lowest BCUT2D eigenvalue weighted by molar-refractivity contribution is 0.0254. The van der Waals surface area contributed by atoms with Gasteiger partial charge in [-0.05, 0) is 51.3 Å². The van der Waals surface area contributed by atoms with E-state index in [0.717, 1.165) is 16.6 Å². The summed E-state index contributed by atoms with van der Waals surface area (Å²) in [5.41, 5.74) is 1.36. The van der Waals surface area contributed by atoms with E-state index in [4.69, 9.17) is 21.6 Å². The molecule has 0 saturated carbocycles. The zero-order valence-corrected chi connectivity index (χ0v) is 15.9. The third-order valence-corrected chi connectivity index (χ3v) is 4.07. The van der Waals surface area contributed by atoms with Crippen LogP contribution in [0.2, 0.25) is 5.02 Å². The van der Waals surface area contributed by atoms with Gasteiger partial charge in [0.15, 0.2) is 0 Å². The summed E-state index contributed by atoms with van der Waals surface area (Å²) < 4.78 is 7.50. The second kappa shape index (κ2) is 7.79. The Bertz CT molecular complexity index is 799. The van der Waals surface area contributed by atoms with Gasteiger partial charge in [-0.2, -0.15) is 5.26 Å². The number of hydrogen-bond acceptors (Lipinski definition) is 3. The lowest BCUT2D eigenvalue weighted by atomic mass is 10.2. The number of amides is 1. The normalized spacial score (nSPS) is 11.4. The van der Waals surface area contributed by atoms with Crippen LogP contribution >= 0.6 is 11.6 Å². The molecule has 0 aliphatic rings. The number of nitriles is 1. The first-order valence-electron chi connectivity index (χ1n) is 8.37. The first-order valence-corrected chi connectivity index (χ1v) is 8.75. The molecule has 0 fully saturated rings. The average Bonchev–Trinajstić information content (AvgIpc) is 2.83. The van der Waals surface area contributed by atoms with E-state index in [1.807, 2.05) is 52.0 Å². The van der Waals surface area contributed by atoms with Crippen LogP contribution in [0.25, 0.3) is 10.9 Å². The molecule has 0 aliphatic carbocycles. The molecular formula is C19H24ClN3O2. The van der Waals surface area contributed by atoms with E-state index in [2.05, 4.69) is 10.6 Å². The fourth-order valence-corrected chi connectivity index (χ4v) is 2.87. The second-order valence-corrected chi connectivity index (χ2v) is 7.32. The fourth-order valence-electron chi connectivity index (χ4n) is 2.70. The van der Waals surface area contributed by atoms with Crippen molar-refractivity contribution in [2.45, 2.75) is 46.3 Å². The molecule has 6 heteroatoms. The Balaban J connectivity index is 2.23. The van der Waals surface area contributed by atoms with Crippen LogP contribution < -0.4 is 0 Å². The van der Waals surface area contributed by atoms with E-state index >= 15 is 0 Å². The second-order valence-electron chi connectivity index (χ2n) is 6.89. The molecule has 0 spiro atoms. The van der Waals surface area contributed by atoms with Crippen LogP contribution in [0.4, 0.5) is 4.79 Å². The first-order chi connectivity index (χ1) is 11.7. The molecule has 0 atom stereocenters. The highest BCUT2D eigenvalue weighted by Gasteiger charge is 2.21. The molecule has 1 aromatic heterocycles. The summed E-state index contributed by atoms with van der Waals surface area (Å²) in [6.07, 6.45) is -0.0171. The van der Waals surface area contributed by atoms with Crippen molar-refractivity contribution in [2.75, 3.05) is 13.1 Å². The monoisotopic (exact) mass is 361 g/mol. The SMILES string of the molecule is CCN(CCn1c(CC#N)cc2ccc(Cl)cc21)C(=O)OC(C)(C)C. The molecule has 0 bridgehead atoms. The van der Waals surface area contributed by atoms with E-state index in [1.165, 1.54) is 0 Å². The van der Waals surface area contributed by atoms with Crippen molar-refractivity contribution in [1.29, 1.82) is 5.26 Å². The minimum absolute atomic E-state index is 0.310. The summed E-state index contributed by atoms with van der Waals surface area (Å²) in [6.45, 7) is 9.11. The van der Waals surface area contributed by atoms with E-state index in [9.17, 15) is 4.79 Å². The van der Waals surface area contributed by atoms with Crippen LogP contribution in [-0.2, 0) is 17.7 Å². The maximum absolute atomic E-state index is 12.3. The number of rotatable bonds is 5. The molecule has 1 heterocycles. The number of halogens is 1. The van der Waals surface area contributed by atoms with Crippen molar-refractivity contribution in [2.24, 2.45) is 0 Å². The zero-order chi connectivity index (χ0) is 18.6. The van der Waals surface area contributed by atoms with Gasteiger partial charge >= 0.3 is 6.09 Å². The quantitative estimate of drug-likeness (QED) is 0.780. The van der Waals surface area contributed by atoms with Gasteiger partial charge < -0.3 is 14.2 Å². The molecule has 1 aromatic carbocycles. The number of likely N-dealkylation sites (N-methyl/N-ethyl adjacent to an activating group) is 1. The van der Waals surface area contributed by atoms with Gasteiger partial charge in [-0.15, -0.1) is 0 Å². The molecule has 0 N–H and O–H groups in total. The number of nitrogens with zero attached hydrogens (tertiary/aromatic N) is 3. The Morgan fingerprint density at radius 3 is 2.68 bits per heavy atom. The Labute approximate surface area is 153 Å². The topological polar surface area (TPSA) is 58.3 Å². The molecule has 0 aliphatic heterocycles. The summed E-state index contributed by atoms with van der Waals surface area (Å²) >= 11 is 6.13. The van der Waals surface area contributed by atoms with E-state index in [0.29, 0.717) is 31.1 Å². The Morgan fingerprint density at radius 1 is 1.36 bits per heavy atom. The molecule has 0 unspecified atom stereocenters. The average molecular weight is 362 g/mol. The van der Waals surface area contributed by atoms with Gasteiger partial charge in [-0.25, -0.2) is 4.79 Å². The van der Waals surface area contributed by atoms with Crippen molar-refractivity contribution in [3.8, 4) is 6.07 Å². The van der Waals surface area contributed by atoms with Crippen LogP contribution in [0, 0.1) is 11.3 Å². The van der Waals surface area contributed by atoms with Gasteiger partial charge in [0.25, 0.3) is 0 Å². The van der Waals surface area contributed by atoms with Crippen molar-refractivity contribution in [1.82, 2.24) is 9.47 Å². The standard InChI is InChI=1S/C19H24ClN3O2/c1-5-22(18(24)25-19(2,3)4)10-11-23-16(8-9-21)12-14-6-7-15(20)13-17(14)23/h6-7,12-13H,5,8,10-11H2,1-4H3. The summed E-state index contributed by atoms with van der Waals surface area (Å²) in [7, 11) is 0. The van der Waals surface area contributed by atoms with Crippen molar-refractivity contribution >= 4 is 28.6 Å². The third-order valence-electron chi connectivity index (χ3n) is 3.84. The maximum atomic E-state index is 12.3. The third kappa shape index (κ3) is 4.90. The van der Waals surface area contributed by atoms with Crippen LogP contribution in [0.15, 0.2) is 24.3 Å². The summed E-state index contributed by atoms with van der Waals surface area (Å²) in [6, 6.07) is 9.87. The molecule has 0 radical (unpaired) electrons. The minimum Gasteiger partial charge on any atom is -0.444 e. The Morgan fingerprint density at radius 2 is 2.08 bits per heavy atom. The highest BCUT2D eigenvalue weighted by Crippen LogP contribution is 2.24. The highest BCUT2D eigenvalue weighted by molar-refractivity contribution is 6.31. The molecule has 2 aromatic rings. The van der Waals surface area contributed by atoms with Gasteiger partial charge in [-0.1, -0.05) is 17.7 Å². The zero-order valence-electron chi connectivity index (χ0n) is 15.2. The smallest absolute Gasteiger partial charge is 0.410 e. The fraction of sp³-hybridized carbons (Fsp3) is 0.474. The van der Waals surface area contributed by atoms with E-state index in [1.54, 1.807) is 4.90 Å². The lowest BCUT2D eigenvalue weighted by Crippen LogP contribution is -2.38. The molecular weight excluding hydrogens is 338 g/mol. The van der Waals surface area contributed by atoms with E-state index in [-0.39, 0.29) is 6.09 Å². The minimum atomic E-state index is -0.524. The van der Waals surface area contributed by atoms with Crippen molar-refractivity contribution in [3.63, 3.8) is 0 Å². The number of carbonyl (C=O) groups is 1. The summed E-state index contributed by atoms with van der Waals surface area (Å²) in [4.78, 5) is 14.0. The predicted molar refractivity (Wildman–Crippen MR) is 99.7 cm³/mol. The number of carbonyl (C=O) groups excluding carboxylic acids is 1. The van der Waals surface area contributed by atoms with Gasteiger partial charge in [-0.3, -0.25) is 0 Å². The first kappa shape index (κ1) is 19.1. The molecule has 1 amide bonds. The van der Waals surface area contributed by atoms with Gasteiger partial charge in [0.05, 0.1) is 12.5 Å². The molecule has 25 heavy (non-hydrogen) atoms. The van der Waals surface area contributed by atoms with Gasteiger partial charge in [0, 0.05) is 35.9 Å². The van der Waals surface area contributed by atoms with Crippen LogP contribution in [-0.4, -0.2) is 34.3 Å². The molecule has 0 saturated heterocycles. The number of benzene rings is 1. The predicted octanol–water partition coefficient (Wildman–Crippen LogP) is 4.62. The summed E-state index contributed by atoms with van der Waals surface area (Å²) in [5.74, 6) is 0. The Kier molecular flexibility index (Phi) is 5.97. The van der Waals surface area contributed by atoms with E-state index < -0.39 is 5.60 Å². The van der Waals surface area contributed by atoms with Crippen LogP contribution in [0.3, 0.4) is 0 Å². The number of fused-ring (bicyclic) bond motifs is 1. The summed E-state index contributed by atoms with van der Waals surface area (Å²) in [5, 5.41) is 10.8. The van der Waals surface area contributed by atoms with Gasteiger partial charge in [0.1, 0.15) is 5.60 Å². The number of hydrogen-bond donors (Lipinski definition) is 0. The maximum Gasteiger partial charge on any atom is 0.410 e. The van der Waals surface area contributed by atoms with Gasteiger partial charge in [0.2, 0.25) is 0 Å². The van der Waals surface area contributed by atoms with Crippen LogP contribution in [0.1, 0.15) is 33.4 Å². The van der Waals surface area contributed by atoms with Crippen LogP contribution in [0.5, 0.6) is 0 Å². The number of aromatic nitrogens is 1. The van der Waals surface area contributed by atoms with Crippen molar-refractivity contribution in [3.05, 3.63) is 35.0 Å². The molecule has 2 rings (SSSR count).